The molecule has 1 aliphatic carbocycles. The molecule has 1 aliphatic heterocycles. The number of benzene rings is 1. The molecule has 2 N–H and O–H groups in total. The maximum atomic E-state index is 6.12. The number of hydrogen-bond donors (Lipinski definition) is 1. The van der Waals surface area contributed by atoms with Gasteiger partial charge in [-0.05, 0) is 43.7 Å². The molecule has 0 radical (unpaired) electrons. The zero-order valence-electron chi connectivity index (χ0n) is 9.89. The molecule has 2 nitrogen and oxygen atoms in total. The molecule has 2 atom stereocenters. The minimum absolute atomic E-state index is 0.256. The van der Waals surface area contributed by atoms with Gasteiger partial charge in [-0.25, -0.2) is 0 Å². The third kappa shape index (κ3) is 1.71. The zero-order valence-corrected chi connectivity index (χ0v) is 9.89. The summed E-state index contributed by atoms with van der Waals surface area (Å²) in [6.45, 7) is 3.35. The average molecular weight is 216 g/mol. The predicted octanol–water partition coefficient (Wildman–Crippen LogP) is 2.17. The first kappa shape index (κ1) is 10.2. The summed E-state index contributed by atoms with van der Waals surface area (Å²) in [6, 6.07) is 9.54. The van der Waals surface area contributed by atoms with Crippen LogP contribution in [0.15, 0.2) is 24.3 Å². The molecule has 3 rings (SSSR count). The molecule has 1 aromatic carbocycles. The van der Waals surface area contributed by atoms with Gasteiger partial charge in [0.15, 0.2) is 0 Å². The Hall–Kier alpha value is -1.02. The van der Waals surface area contributed by atoms with E-state index in [2.05, 4.69) is 36.1 Å². The highest BCUT2D eigenvalue weighted by molar-refractivity contribution is 5.60. The van der Waals surface area contributed by atoms with E-state index >= 15 is 0 Å². The summed E-state index contributed by atoms with van der Waals surface area (Å²) in [5.41, 5.74) is 9.03. The SMILES string of the molecule is CC(N)C1Cc2ccccc2N1CC1CC1. The third-order valence-corrected chi connectivity index (χ3v) is 3.89. The number of fused-ring (bicyclic) bond motifs is 1. The second-order valence-corrected chi connectivity index (χ2v) is 5.36. The first-order valence-electron chi connectivity index (χ1n) is 6.36. The fraction of sp³-hybridized carbons (Fsp3) is 0.571. The molecule has 2 heteroatoms. The molecule has 0 amide bonds. The van der Waals surface area contributed by atoms with E-state index in [0.29, 0.717) is 6.04 Å². The van der Waals surface area contributed by atoms with Gasteiger partial charge in [-0.15, -0.1) is 0 Å². The van der Waals surface area contributed by atoms with Crippen LogP contribution in [0.2, 0.25) is 0 Å². The molecule has 0 bridgehead atoms. The summed E-state index contributed by atoms with van der Waals surface area (Å²) >= 11 is 0. The fourth-order valence-corrected chi connectivity index (χ4v) is 2.76. The Labute approximate surface area is 97.4 Å². The molecule has 1 fully saturated rings. The molecule has 2 unspecified atom stereocenters. The van der Waals surface area contributed by atoms with Crippen LogP contribution in [0.5, 0.6) is 0 Å². The second-order valence-electron chi connectivity index (χ2n) is 5.36. The lowest BCUT2D eigenvalue weighted by atomic mass is 10.1. The van der Waals surface area contributed by atoms with Crippen molar-refractivity contribution in [3.05, 3.63) is 29.8 Å². The van der Waals surface area contributed by atoms with Gasteiger partial charge in [0, 0.05) is 24.3 Å². The van der Waals surface area contributed by atoms with Gasteiger partial charge in [-0.3, -0.25) is 0 Å². The first-order valence-corrected chi connectivity index (χ1v) is 6.36. The van der Waals surface area contributed by atoms with Crippen LogP contribution in [0, 0.1) is 5.92 Å². The van der Waals surface area contributed by atoms with Crippen LogP contribution in [-0.4, -0.2) is 18.6 Å². The molecule has 1 saturated carbocycles. The molecule has 2 aliphatic rings. The van der Waals surface area contributed by atoms with E-state index in [4.69, 9.17) is 5.73 Å². The number of rotatable bonds is 3. The van der Waals surface area contributed by atoms with Gasteiger partial charge in [0.25, 0.3) is 0 Å². The standard InChI is InChI=1S/C14H20N2/c1-10(15)14-8-12-4-2-3-5-13(12)16(14)9-11-6-7-11/h2-5,10-11,14H,6-9,15H2,1H3. The van der Waals surface area contributed by atoms with Crippen molar-refractivity contribution in [1.82, 2.24) is 0 Å². The van der Waals surface area contributed by atoms with Crippen molar-refractivity contribution in [2.24, 2.45) is 11.7 Å². The highest BCUT2D eigenvalue weighted by Crippen LogP contribution is 2.38. The Balaban J connectivity index is 1.89. The molecule has 16 heavy (non-hydrogen) atoms. The Bertz CT molecular complexity index is 382. The van der Waals surface area contributed by atoms with E-state index < -0.39 is 0 Å². The highest BCUT2D eigenvalue weighted by Gasteiger charge is 2.35. The second kappa shape index (κ2) is 3.77. The zero-order chi connectivity index (χ0) is 11.1. The summed E-state index contributed by atoms with van der Waals surface area (Å²) in [5.74, 6) is 0.924. The van der Waals surface area contributed by atoms with Crippen LogP contribution < -0.4 is 10.6 Å². The van der Waals surface area contributed by atoms with Gasteiger partial charge in [0.05, 0.1) is 0 Å². The quantitative estimate of drug-likeness (QED) is 0.839. The fourth-order valence-electron chi connectivity index (χ4n) is 2.76. The van der Waals surface area contributed by atoms with Crippen molar-refractivity contribution in [3.8, 4) is 0 Å². The van der Waals surface area contributed by atoms with E-state index in [1.807, 2.05) is 0 Å². The maximum absolute atomic E-state index is 6.12. The number of anilines is 1. The summed E-state index contributed by atoms with van der Waals surface area (Å²) < 4.78 is 0. The van der Waals surface area contributed by atoms with Crippen LogP contribution in [-0.2, 0) is 6.42 Å². The van der Waals surface area contributed by atoms with Crippen LogP contribution in [0.1, 0.15) is 25.3 Å². The highest BCUT2D eigenvalue weighted by atomic mass is 15.2. The van der Waals surface area contributed by atoms with Crippen molar-refractivity contribution >= 4 is 5.69 Å². The lowest BCUT2D eigenvalue weighted by molar-refractivity contribution is 0.520. The number of para-hydroxylation sites is 1. The molecule has 86 valence electrons. The van der Waals surface area contributed by atoms with Crippen molar-refractivity contribution < 1.29 is 0 Å². The largest absolute Gasteiger partial charge is 0.366 e. The predicted molar refractivity (Wildman–Crippen MR) is 67.7 cm³/mol. The van der Waals surface area contributed by atoms with Gasteiger partial charge in [-0.2, -0.15) is 0 Å². The van der Waals surface area contributed by atoms with Gasteiger partial charge in [-0.1, -0.05) is 18.2 Å². The van der Waals surface area contributed by atoms with E-state index in [-0.39, 0.29) is 6.04 Å². The lowest BCUT2D eigenvalue weighted by Crippen LogP contribution is -2.45. The van der Waals surface area contributed by atoms with Crippen LogP contribution >= 0.6 is 0 Å². The average Bonchev–Trinajstić information content (AvgIpc) is 3.00. The van der Waals surface area contributed by atoms with Gasteiger partial charge < -0.3 is 10.6 Å². The number of hydrogen-bond acceptors (Lipinski definition) is 2. The normalized spacial score (nSPS) is 25.6. The topological polar surface area (TPSA) is 29.3 Å². The molecule has 0 saturated heterocycles. The molecule has 1 heterocycles. The Kier molecular flexibility index (Phi) is 2.40. The van der Waals surface area contributed by atoms with Gasteiger partial charge in [0.2, 0.25) is 0 Å². The Morgan fingerprint density at radius 1 is 1.38 bits per heavy atom. The van der Waals surface area contributed by atoms with E-state index in [9.17, 15) is 0 Å². The Morgan fingerprint density at radius 2 is 2.12 bits per heavy atom. The maximum Gasteiger partial charge on any atom is 0.0479 e. The summed E-state index contributed by atoms with van der Waals surface area (Å²) in [7, 11) is 0. The summed E-state index contributed by atoms with van der Waals surface area (Å²) in [6.07, 6.45) is 3.94. The molecular formula is C14H20N2. The van der Waals surface area contributed by atoms with Gasteiger partial charge >= 0.3 is 0 Å². The van der Waals surface area contributed by atoms with Crippen molar-refractivity contribution in [1.29, 1.82) is 0 Å². The van der Waals surface area contributed by atoms with Crippen molar-refractivity contribution in [2.75, 3.05) is 11.4 Å². The summed E-state index contributed by atoms with van der Waals surface area (Å²) in [5, 5.41) is 0. The number of nitrogens with two attached hydrogens (primary N) is 1. The molecule has 0 aromatic heterocycles. The van der Waals surface area contributed by atoms with Crippen LogP contribution in [0.3, 0.4) is 0 Å². The number of nitrogens with zero attached hydrogens (tertiary/aromatic N) is 1. The summed E-state index contributed by atoms with van der Waals surface area (Å²) in [4.78, 5) is 2.55. The van der Waals surface area contributed by atoms with Crippen molar-refractivity contribution in [3.63, 3.8) is 0 Å². The van der Waals surface area contributed by atoms with Crippen LogP contribution in [0.4, 0.5) is 5.69 Å². The van der Waals surface area contributed by atoms with Crippen molar-refractivity contribution in [2.45, 2.75) is 38.3 Å². The lowest BCUT2D eigenvalue weighted by Gasteiger charge is -2.30. The minimum Gasteiger partial charge on any atom is -0.366 e. The molecule has 0 spiro atoms. The monoisotopic (exact) mass is 216 g/mol. The van der Waals surface area contributed by atoms with E-state index in [0.717, 1.165) is 12.3 Å². The van der Waals surface area contributed by atoms with E-state index in [1.54, 1.807) is 0 Å². The Morgan fingerprint density at radius 3 is 2.81 bits per heavy atom. The van der Waals surface area contributed by atoms with Gasteiger partial charge in [0.1, 0.15) is 0 Å². The first-order chi connectivity index (χ1) is 7.75. The smallest absolute Gasteiger partial charge is 0.0479 e. The molecule has 1 aromatic rings. The van der Waals surface area contributed by atoms with Crippen LogP contribution in [0.25, 0.3) is 0 Å². The molecular weight excluding hydrogens is 196 g/mol. The third-order valence-electron chi connectivity index (χ3n) is 3.89. The van der Waals surface area contributed by atoms with E-state index in [1.165, 1.54) is 30.6 Å². The minimum atomic E-state index is 0.256.